The summed E-state index contributed by atoms with van der Waals surface area (Å²) in [4.78, 5) is 23.4. The highest BCUT2D eigenvalue weighted by atomic mass is 127. The molecule has 0 spiro atoms. The number of nitrogens with one attached hydrogen (secondary N) is 1. The molecule has 9 heteroatoms. The lowest BCUT2D eigenvalue weighted by Crippen LogP contribution is -2.57. The Labute approximate surface area is 179 Å². The normalized spacial score (nSPS) is 22.0. The Balaban J connectivity index is 0.00000261. The molecule has 0 aliphatic carbocycles. The minimum atomic E-state index is 0. The van der Waals surface area contributed by atoms with Gasteiger partial charge >= 0.3 is 0 Å². The van der Waals surface area contributed by atoms with Gasteiger partial charge in [-0.05, 0) is 25.9 Å². The van der Waals surface area contributed by atoms with Crippen molar-refractivity contribution in [2.45, 2.75) is 32.2 Å². The number of guanidine groups is 1. The topological polar surface area (TPSA) is 69.0 Å². The van der Waals surface area contributed by atoms with Crippen molar-refractivity contribution < 1.29 is 4.79 Å². The number of amides is 1. The molecule has 3 heterocycles. The average Bonchev–Trinajstić information content (AvgIpc) is 3.08. The fraction of sp³-hybridized carbons (Fsp3) is 0.722. The molecular weight excluding hydrogens is 457 g/mol. The van der Waals surface area contributed by atoms with Crippen LogP contribution in [0.25, 0.3) is 0 Å². The average molecular weight is 489 g/mol. The van der Waals surface area contributed by atoms with Crippen molar-refractivity contribution in [3.63, 3.8) is 0 Å². The van der Waals surface area contributed by atoms with Gasteiger partial charge in [-0.1, -0.05) is 13.3 Å². The second-order valence-corrected chi connectivity index (χ2v) is 7.05. The van der Waals surface area contributed by atoms with Crippen molar-refractivity contribution in [3.05, 3.63) is 12.4 Å². The molecule has 152 valence electrons. The first-order chi connectivity index (χ1) is 12.6. The molecule has 2 fully saturated rings. The number of carbonyl (C=O) groups excluding carboxylic acids is 1. The van der Waals surface area contributed by atoms with Gasteiger partial charge in [0.25, 0.3) is 0 Å². The molecule has 0 aromatic carbocycles. The minimum Gasteiger partial charge on any atom is -0.355 e. The summed E-state index contributed by atoms with van der Waals surface area (Å²) in [5.74, 6) is 0.908. The van der Waals surface area contributed by atoms with Gasteiger partial charge in [0.2, 0.25) is 5.91 Å². The second kappa shape index (κ2) is 10.3. The number of aliphatic imine (C=N–C) groups is 1. The smallest absolute Gasteiger partial charge is 0.246 e. The highest BCUT2D eigenvalue weighted by Gasteiger charge is 2.28. The molecule has 3 rings (SSSR count). The van der Waals surface area contributed by atoms with Crippen LogP contribution < -0.4 is 10.2 Å². The molecule has 8 nitrogen and oxygen atoms in total. The van der Waals surface area contributed by atoms with Crippen LogP contribution in [0.3, 0.4) is 0 Å². The number of piperidine rings is 1. The lowest BCUT2D eigenvalue weighted by atomic mass is 10.0. The number of aryl methyl sites for hydroxylation is 1. The number of likely N-dealkylation sites (tertiary alicyclic amines) is 1. The molecule has 1 aromatic heterocycles. The molecule has 1 N–H and O–H groups in total. The Morgan fingerprint density at radius 1 is 1.33 bits per heavy atom. The maximum Gasteiger partial charge on any atom is 0.246 e. The summed E-state index contributed by atoms with van der Waals surface area (Å²) in [6.07, 6.45) is 7.44. The van der Waals surface area contributed by atoms with Crippen molar-refractivity contribution in [2.24, 2.45) is 12.0 Å². The Hall–Kier alpha value is -1.36. The lowest BCUT2D eigenvalue weighted by Gasteiger charge is -2.38. The summed E-state index contributed by atoms with van der Waals surface area (Å²) in [6.45, 7) is 7.15. The van der Waals surface area contributed by atoms with E-state index in [-0.39, 0.29) is 29.9 Å². The van der Waals surface area contributed by atoms with Crippen LogP contribution in [0.4, 0.5) is 5.69 Å². The van der Waals surface area contributed by atoms with Crippen LogP contribution in [0.2, 0.25) is 0 Å². The largest absolute Gasteiger partial charge is 0.355 e. The summed E-state index contributed by atoms with van der Waals surface area (Å²) in [5, 5.41) is 7.66. The molecule has 27 heavy (non-hydrogen) atoms. The van der Waals surface area contributed by atoms with E-state index in [9.17, 15) is 4.79 Å². The van der Waals surface area contributed by atoms with Crippen LogP contribution in [0, 0.1) is 0 Å². The van der Waals surface area contributed by atoms with E-state index in [1.54, 1.807) is 22.8 Å². The molecule has 2 aliphatic heterocycles. The van der Waals surface area contributed by atoms with Gasteiger partial charge in [-0.2, -0.15) is 5.10 Å². The highest BCUT2D eigenvalue weighted by molar-refractivity contribution is 14.0. The first-order valence-corrected chi connectivity index (χ1v) is 9.61. The van der Waals surface area contributed by atoms with Crippen molar-refractivity contribution in [1.82, 2.24) is 24.9 Å². The number of rotatable bonds is 4. The van der Waals surface area contributed by atoms with Gasteiger partial charge < -0.3 is 15.1 Å². The third-order valence-corrected chi connectivity index (χ3v) is 5.39. The Bertz CT molecular complexity index is 647. The Morgan fingerprint density at radius 2 is 2.15 bits per heavy atom. The molecule has 0 bridgehead atoms. The molecule has 0 saturated carbocycles. The van der Waals surface area contributed by atoms with Crippen LogP contribution in [0.5, 0.6) is 0 Å². The number of nitrogens with zero attached hydrogens (tertiary/aromatic N) is 6. The van der Waals surface area contributed by atoms with Crippen LogP contribution in [0.15, 0.2) is 17.4 Å². The third-order valence-electron chi connectivity index (χ3n) is 5.39. The predicted octanol–water partition coefficient (Wildman–Crippen LogP) is 1.14. The molecule has 1 atom stereocenters. The fourth-order valence-corrected chi connectivity index (χ4v) is 3.92. The first kappa shape index (κ1) is 21.9. The number of piperazine rings is 1. The van der Waals surface area contributed by atoms with Crippen molar-refractivity contribution in [2.75, 3.05) is 51.2 Å². The van der Waals surface area contributed by atoms with Gasteiger partial charge in [0.1, 0.15) is 6.54 Å². The lowest BCUT2D eigenvalue weighted by molar-refractivity contribution is -0.120. The van der Waals surface area contributed by atoms with E-state index >= 15 is 0 Å². The molecule has 0 radical (unpaired) electrons. The summed E-state index contributed by atoms with van der Waals surface area (Å²) < 4.78 is 1.72. The quantitative estimate of drug-likeness (QED) is 0.391. The van der Waals surface area contributed by atoms with Gasteiger partial charge in [0.05, 0.1) is 11.9 Å². The van der Waals surface area contributed by atoms with E-state index in [0.29, 0.717) is 19.1 Å². The summed E-state index contributed by atoms with van der Waals surface area (Å²) >= 11 is 0. The van der Waals surface area contributed by atoms with Gasteiger partial charge in [-0.25, -0.2) is 0 Å². The first-order valence-electron chi connectivity index (χ1n) is 9.61. The van der Waals surface area contributed by atoms with E-state index in [4.69, 9.17) is 0 Å². The number of halogens is 1. The predicted molar refractivity (Wildman–Crippen MR) is 119 cm³/mol. The van der Waals surface area contributed by atoms with Gasteiger partial charge in [-0.3, -0.25) is 19.4 Å². The number of anilines is 1. The number of hydrogen-bond acceptors (Lipinski definition) is 4. The molecule has 1 unspecified atom stereocenters. The third kappa shape index (κ3) is 5.34. The number of hydrogen-bond donors (Lipinski definition) is 1. The van der Waals surface area contributed by atoms with Gasteiger partial charge in [0.15, 0.2) is 5.96 Å². The fourth-order valence-electron chi connectivity index (χ4n) is 3.92. The van der Waals surface area contributed by atoms with Crippen LogP contribution in [-0.2, 0) is 11.8 Å². The van der Waals surface area contributed by atoms with E-state index in [0.717, 1.165) is 31.3 Å². The van der Waals surface area contributed by atoms with Crippen molar-refractivity contribution in [1.29, 1.82) is 0 Å². The highest BCUT2D eigenvalue weighted by Crippen LogP contribution is 2.17. The van der Waals surface area contributed by atoms with Gasteiger partial charge in [-0.15, -0.1) is 24.0 Å². The Kier molecular flexibility index (Phi) is 8.33. The number of aromatic nitrogens is 2. The zero-order valence-corrected chi connectivity index (χ0v) is 18.9. The summed E-state index contributed by atoms with van der Waals surface area (Å²) in [7, 11) is 3.65. The zero-order chi connectivity index (χ0) is 18.5. The van der Waals surface area contributed by atoms with Crippen LogP contribution >= 0.6 is 24.0 Å². The van der Waals surface area contributed by atoms with Gasteiger partial charge in [0, 0.05) is 46.0 Å². The Morgan fingerprint density at radius 3 is 2.78 bits per heavy atom. The van der Waals surface area contributed by atoms with Crippen molar-refractivity contribution >= 4 is 41.5 Å². The van der Waals surface area contributed by atoms with Crippen LogP contribution in [0.1, 0.15) is 26.2 Å². The zero-order valence-electron chi connectivity index (χ0n) is 16.6. The second-order valence-electron chi connectivity index (χ2n) is 7.05. The molecule has 1 aromatic rings. The monoisotopic (exact) mass is 489 g/mol. The van der Waals surface area contributed by atoms with E-state index in [1.165, 1.54) is 25.8 Å². The molecule has 2 saturated heterocycles. The molecular formula is C18H32IN7O. The standard InChI is InChI=1S/C18H31N7O.HI/c1-4-23-8-6-5-7-15(23)11-20-18(19-2)24-9-10-25(17(26)14-24)16-12-21-22(3)13-16;/h12-13,15H,4-11,14H2,1-3H3,(H,19,20);1H. The van der Waals surface area contributed by atoms with E-state index in [1.807, 2.05) is 18.1 Å². The maximum absolute atomic E-state index is 12.6. The maximum atomic E-state index is 12.6. The number of likely N-dealkylation sites (N-methyl/N-ethyl adjacent to an activating group) is 1. The summed E-state index contributed by atoms with van der Waals surface area (Å²) in [6, 6.07) is 0.554. The van der Waals surface area contributed by atoms with Crippen LogP contribution in [-0.4, -0.2) is 83.8 Å². The number of carbonyl (C=O) groups is 1. The van der Waals surface area contributed by atoms with Crippen molar-refractivity contribution in [3.8, 4) is 0 Å². The van der Waals surface area contributed by atoms with E-state index in [2.05, 4.69) is 27.2 Å². The summed E-state index contributed by atoms with van der Waals surface area (Å²) in [5.41, 5.74) is 0.862. The minimum absolute atomic E-state index is 0. The molecule has 1 amide bonds. The molecule has 2 aliphatic rings. The SMILES string of the molecule is CCN1CCCCC1CNC(=NC)N1CCN(c2cnn(C)c2)C(=O)C1.I. The van der Waals surface area contributed by atoms with E-state index < -0.39 is 0 Å².